The SMILES string of the molecule is CC(C)(C)OC(=O)Nc1ccc(N)c(-n2cc(S(C)(=O)=O)cn2)c1. The van der Waals surface area contributed by atoms with E-state index in [0.29, 0.717) is 17.1 Å². The van der Waals surface area contributed by atoms with Gasteiger partial charge < -0.3 is 10.5 Å². The van der Waals surface area contributed by atoms with Gasteiger partial charge in [0.05, 0.1) is 17.6 Å². The van der Waals surface area contributed by atoms with E-state index < -0.39 is 21.5 Å². The molecule has 0 atom stereocenters. The summed E-state index contributed by atoms with van der Waals surface area (Å²) in [6, 6.07) is 4.78. The minimum absolute atomic E-state index is 0.0763. The summed E-state index contributed by atoms with van der Waals surface area (Å²) in [4.78, 5) is 11.9. The van der Waals surface area contributed by atoms with Gasteiger partial charge in [0.2, 0.25) is 0 Å². The van der Waals surface area contributed by atoms with Crippen molar-refractivity contribution in [3.8, 4) is 5.69 Å². The molecule has 0 bridgehead atoms. The summed E-state index contributed by atoms with van der Waals surface area (Å²) in [5.41, 5.74) is 6.57. The molecule has 1 amide bonds. The molecule has 0 saturated carbocycles. The van der Waals surface area contributed by atoms with Crippen LogP contribution in [0.15, 0.2) is 35.5 Å². The lowest BCUT2D eigenvalue weighted by atomic mass is 10.2. The fourth-order valence-electron chi connectivity index (χ4n) is 1.87. The van der Waals surface area contributed by atoms with Crippen LogP contribution in [0, 0.1) is 0 Å². The first kappa shape index (κ1) is 17.8. The van der Waals surface area contributed by atoms with Crippen molar-refractivity contribution < 1.29 is 17.9 Å². The van der Waals surface area contributed by atoms with E-state index in [2.05, 4.69) is 10.4 Å². The van der Waals surface area contributed by atoms with Crippen LogP contribution in [0.3, 0.4) is 0 Å². The molecular formula is C15H20N4O4S. The number of anilines is 2. The van der Waals surface area contributed by atoms with Crippen LogP contribution in [0.4, 0.5) is 16.2 Å². The second-order valence-electron chi connectivity index (χ2n) is 6.29. The van der Waals surface area contributed by atoms with Gasteiger partial charge in [0.1, 0.15) is 10.5 Å². The summed E-state index contributed by atoms with van der Waals surface area (Å²) in [6.07, 6.45) is 3.09. The van der Waals surface area contributed by atoms with Gasteiger partial charge in [0, 0.05) is 18.1 Å². The van der Waals surface area contributed by atoms with Crippen molar-refractivity contribution in [2.45, 2.75) is 31.3 Å². The quantitative estimate of drug-likeness (QED) is 0.818. The third kappa shape index (κ3) is 4.48. The van der Waals surface area contributed by atoms with Crippen LogP contribution in [0.2, 0.25) is 0 Å². The Morgan fingerprint density at radius 2 is 2.00 bits per heavy atom. The first-order valence-electron chi connectivity index (χ1n) is 7.10. The summed E-state index contributed by atoms with van der Waals surface area (Å²) >= 11 is 0. The molecule has 2 aromatic rings. The Kier molecular flexibility index (Phi) is 4.57. The lowest BCUT2D eigenvalue weighted by Gasteiger charge is -2.20. The number of ether oxygens (including phenoxy) is 1. The highest BCUT2D eigenvalue weighted by Gasteiger charge is 2.17. The molecule has 1 aromatic heterocycles. The van der Waals surface area contributed by atoms with Gasteiger partial charge in [-0.2, -0.15) is 5.10 Å². The van der Waals surface area contributed by atoms with Crippen LogP contribution in [-0.4, -0.2) is 36.1 Å². The minimum Gasteiger partial charge on any atom is -0.444 e. The van der Waals surface area contributed by atoms with Gasteiger partial charge in [-0.15, -0.1) is 0 Å². The number of hydrogen-bond acceptors (Lipinski definition) is 6. The Bertz CT molecular complexity index is 866. The average molecular weight is 352 g/mol. The molecule has 130 valence electrons. The Balaban J connectivity index is 2.29. The van der Waals surface area contributed by atoms with Crippen LogP contribution >= 0.6 is 0 Å². The van der Waals surface area contributed by atoms with Crippen LogP contribution in [0.25, 0.3) is 5.69 Å². The van der Waals surface area contributed by atoms with Crippen LogP contribution in [0.1, 0.15) is 20.8 Å². The van der Waals surface area contributed by atoms with E-state index in [9.17, 15) is 13.2 Å². The first-order chi connectivity index (χ1) is 11.0. The van der Waals surface area contributed by atoms with Crippen molar-refractivity contribution >= 4 is 27.3 Å². The largest absolute Gasteiger partial charge is 0.444 e. The van der Waals surface area contributed by atoms with Crippen molar-refractivity contribution in [3.05, 3.63) is 30.6 Å². The molecule has 2 rings (SSSR count). The van der Waals surface area contributed by atoms with Gasteiger partial charge >= 0.3 is 6.09 Å². The molecule has 3 N–H and O–H groups in total. The van der Waals surface area contributed by atoms with Gasteiger partial charge in [-0.25, -0.2) is 17.9 Å². The number of nitrogens with zero attached hydrogens (tertiary/aromatic N) is 2. The third-order valence-electron chi connectivity index (χ3n) is 2.91. The van der Waals surface area contributed by atoms with E-state index in [0.717, 1.165) is 6.26 Å². The molecule has 0 saturated heterocycles. The fraction of sp³-hybridized carbons (Fsp3) is 0.333. The monoisotopic (exact) mass is 352 g/mol. The van der Waals surface area contributed by atoms with E-state index >= 15 is 0 Å². The summed E-state index contributed by atoms with van der Waals surface area (Å²) in [6.45, 7) is 5.28. The fourth-order valence-corrected chi connectivity index (χ4v) is 2.40. The highest BCUT2D eigenvalue weighted by molar-refractivity contribution is 7.90. The number of nitrogen functional groups attached to an aromatic ring is 1. The number of sulfone groups is 1. The number of carbonyl (C=O) groups is 1. The van der Waals surface area contributed by atoms with E-state index in [1.54, 1.807) is 39.0 Å². The van der Waals surface area contributed by atoms with Gasteiger partial charge in [-0.1, -0.05) is 0 Å². The van der Waals surface area contributed by atoms with Crippen molar-refractivity contribution in [3.63, 3.8) is 0 Å². The van der Waals surface area contributed by atoms with E-state index in [4.69, 9.17) is 10.5 Å². The topological polar surface area (TPSA) is 116 Å². The highest BCUT2D eigenvalue weighted by atomic mass is 32.2. The van der Waals surface area contributed by atoms with Gasteiger partial charge in [-0.3, -0.25) is 5.32 Å². The van der Waals surface area contributed by atoms with Crippen LogP contribution in [0.5, 0.6) is 0 Å². The van der Waals surface area contributed by atoms with Crippen LogP contribution in [-0.2, 0) is 14.6 Å². The molecular weight excluding hydrogens is 332 g/mol. The number of benzene rings is 1. The zero-order chi connectivity index (χ0) is 18.1. The Hall–Kier alpha value is -2.55. The minimum atomic E-state index is -3.37. The molecule has 0 spiro atoms. The second kappa shape index (κ2) is 6.16. The van der Waals surface area contributed by atoms with Gasteiger partial charge in [-0.05, 0) is 39.0 Å². The summed E-state index contributed by atoms with van der Waals surface area (Å²) < 4.78 is 29.6. The number of aromatic nitrogens is 2. The standard InChI is InChI=1S/C15H20N4O4S/c1-15(2,3)23-14(20)18-10-5-6-12(16)13(7-10)19-9-11(8-17-19)24(4,21)22/h5-9H,16H2,1-4H3,(H,18,20). The molecule has 0 aliphatic carbocycles. The summed E-state index contributed by atoms with van der Waals surface area (Å²) in [5.74, 6) is 0. The van der Waals surface area contributed by atoms with Crippen molar-refractivity contribution in [1.82, 2.24) is 9.78 Å². The zero-order valence-corrected chi connectivity index (χ0v) is 14.7. The Labute approximate surface area is 140 Å². The van der Waals surface area contributed by atoms with E-state index in [1.807, 2.05) is 0 Å². The summed E-state index contributed by atoms with van der Waals surface area (Å²) in [7, 11) is -3.37. The average Bonchev–Trinajstić information content (AvgIpc) is 2.88. The highest BCUT2D eigenvalue weighted by Crippen LogP contribution is 2.23. The smallest absolute Gasteiger partial charge is 0.412 e. The zero-order valence-electron chi connectivity index (χ0n) is 13.9. The van der Waals surface area contributed by atoms with Gasteiger partial charge in [0.25, 0.3) is 0 Å². The number of nitrogens with two attached hydrogens (primary N) is 1. The van der Waals surface area contributed by atoms with E-state index in [-0.39, 0.29) is 4.90 Å². The Morgan fingerprint density at radius 3 is 2.54 bits per heavy atom. The number of carbonyl (C=O) groups excluding carboxylic acids is 1. The first-order valence-corrected chi connectivity index (χ1v) is 8.99. The molecule has 1 heterocycles. The number of amides is 1. The molecule has 0 fully saturated rings. The molecule has 0 radical (unpaired) electrons. The molecule has 24 heavy (non-hydrogen) atoms. The van der Waals surface area contributed by atoms with E-state index in [1.165, 1.54) is 17.1 Å². The number of nitrogens with one attached hydrogen (secondary N) is 1. The number of hydrogen-bond donors (Lipinski definition) is 2. The maximum absolute atomic E-state index is 11.8. The maximum atomic E-state index is 11.8. The maximum Gasteiger partial charge on any atom is 0.412 e. The summed E-state index contributed by atoms with van der Waals surface area (Å²) in [5, 5.41) is 6.60. The predicted molar refractivity (Wildman–Crippen MR) is 90.9 cm³/mol. The molecule has 9 heteroatoms. The third-order valence-corrected chi connectivity index (χ3v) is 3.98. The van der Waals surface area contributed by atoms with Crippen LogP contribution < -0.4 is 11.1 Å². The molecule has 0 aliphatic heterocycles. The van der Waals surface area contributed by atoms with Crippen molar-refractivity contribution in [2.24, 2.45) is 0 Å². The van der Waals surface area contributed by atoms with Crippen molar-refractivity contribution in [2.75, 3.05) is 17.3 Å². The second-order valence-corrected chi connectivity index (χ2v) is 8.31. The molecule has 0 aliphatic rings. The normalized spacial score (nSPS) is 12.0. The molecule has 8 nitrogen and oxygen atoms in total. The van der Waals surface area contributed by atoms with Gasteiger partial charge in [0.15, 0.2) is 9.84 Å². The lowest BCUT2D eigenvalue weighted by molar-refractivity contribution is 0.0636. The van der Waals surface area contributed by atoms with Crippen molar-refractivity contribution in [1.29, 1.82) is 0 Å². The number of rotatable bonds is 3. The Morgan fingerprint density at radius 1 is 1.33 bits per heavy atom. The molecule has 1 aromatic carbocycles. The predicted octanol–water partition coefficient (Wildman–Crippen LogP) is 2.21. The molecule has 0 unspecified atom stereocenters. The lowest BCUT2D eigenvalue weighted by Crippen LogP contribution is -2.27.